The van der Waals surface area contributed by atoms with Crippen molar-refractivity contribution in [3.05, 3.63) is 69.7 Å². The molecule has 0 spiro atoms. The molecule has 0 aromatic heterocycles. The minimum Gasteiger partial charge on any atom is -0.271 e. The van der Waals surface area contributed by atoms with Crippen molar-refractivity contribution in [2.24, 2.45) is 5.84 Å². The number of hydrogen-bond donors (Lipinski definition) is 2. The lowest BCUT2D eigenvalue weighted by molar-refractivity contribution is 0.502. The largest absolute Gasteiger partial charge is 0.271 e. The van der Waals surface area contributed by atoms with Gasteiger partial charge in [-0.15, -0.1) is 0 Å². The molecule has 2 aromatic carbocycles. The molecule has 0 aliphatic rings. The minimum atomic E-state index is -0.479. The Morgan fingerprint density at radius 3 is 2.42 bits per heavy atom. The van der Waals surface area contributed by atoms with Gasteiger partial charge in [0.25, 0.3) is 0 Å². The SMILES string of the molecule is NNC(Cc1ccc(Br)cc1)c1cc(F)ccc1F. The standard InChI is InChI=1S/C14H13BrF2N2/c15-10-3-1-9(2-4-10)7-14(19-18)12-8-11(16)5-6-13(12)17/h1-6,8,14,19H,7,18H2. The lowest BCUT2D eigenvalue weighted by Crippen LogP contribution is -2.30. The van der Waals surface area contributed by atoms with Crippen LogP contribution in [0, 0.1) is 11.6 Å². The van der Waals surface area contributed by atoms with Gasteiger partial charge < -0.3 is 0 Å². The zero-order chi connectivity index (χ0) is 13.8. The molecular weight excluding hydrogens is 314 g/mol. The number of halogens is 3. The van der Waals surface area contributed by atoms with E-state index in [1.54, 1.807) is 0 Å². The molecule has 5 heteroatoms. The fourth-order valence-corrected chi connectivity index (χ4v) is 2.16. The van der Waals surface area contributed by atoms with E-state index in [0.717, 1.165) is 22.2 Å². The van der Waals surface area contributed by atoms with E-state index in [0.29, 0.717) is 6.42 Å². The second-order valence-corrected chi connectivity index (χ2v) is 5.13. The summed E-state index contributed by atoms with van der Waals surface area (Å²) in [7, 11) is 0. The molecule has 3 N–H and O–H groups in total. The topological polar surface area (TPSA) is 38.0 Å². The summed E-state index contributed by atoms with van der Waals surface area (Å²) >= 11 is 3.34. The van der Waals surface area contributed by atoms with Crippen molar-refractivity contribution in [3.63, 3.8) is 0 Å². The Kier molecular flexibility index (Phi) is 4.63. The zero-order valence-corrected chi connectivity index (χ0v) is 11.6. The quantitative estimate of drug-likeness (QED) is 0.667. The second kappa shape index (κ2) is 6.23. The first kappa shape index (κ1) is 14.1. The first-order chi connectivity index (χ1) is 9.10. The number of nitrogens with one attached hydrogen (secondary N) is 1. The Morgan fingerprint density at radius 1 is 1.11 bits per heavy atom. The van der Waals surface area contributed by atoms with Gasteiger partial charge in [0.05, 0.1) is 6.04 Å². The van der Waals surface area contributed by atoms with Crippen LogP contribution in [0.5, 0.6) is 0 Å². The molecular formula is C14H13BrF2N2. The van der Waals surface area contributed by atoms with Gasteiger partial charge in [-0.1, -0.05) is 28.1 Å². The molecule has 19 heavy (non-hydrogen) atoms. The summed E-state index contributed by atoms with van der Waals surface area (Å²) in [4.78, 5) is 0. The van der Waals surface area contributed by atoms with Crippen molar-refractivity contribution in [2.45, 2.75) is 12.5 Å². The molecule has 0 bridgehead atoms. The number of hydrogen-bond acceptors (Lipinski definition) is 2. The summed E-state index contributed by atoms with van der Waals surface area (Å²) < 4.78 is 27.9. The van der Waals surface area contributed by atoms with Crippen LogP contribution in [0.15, 0.2) is 46.9 Å². The Hall–Kier alpha value is -1.30. The van der Waals surface area contributed by atoms with Gasteiger partial charge >= 0.3 is 0 Å². The normalized spacial score (nSPS) is 12.4. The molecule has 2 nitrogen and oxygen atoms in total. The molecule has 100 valence electrons. The van der Waals surface area contributed by atoms with E-state index in [4.69, 9.17) is 5.84 Å². The minimum absolute atomic E-state index is 0.227. The maximum atomic E-state index is 13.7. The monoisotopic (exact) mass is 326 g/mol. The van der Waals surface area contributed by atoms with Crippen LogP contribution in [-0.4, -0.2) is 0 Å². The van der Waals surface area contributed by atoms with Gasteiger partial charge in [0.15, 0.2) is 0 Å². The van der Waals surface area contributed by atoms with Crippen LogP contribution in [0.3, 0.4) is 0 Å². The molecule has 0 saturated carbocycles. The lowest BCUT2D eigenvalue weighted by Gasteiger charge is -2.17. The van der Waals surface area contributed by atoms with Crippen LogP contribution >= 0.6 is 15.9 Å². The second-order valence-electron chi connectivity index (χ2n) is 4.22. The highest BCUT2D eigenvalue weighted by Crippen LogP contribution is 2.22. The zero-order valence-electron chi connectivity index (χ0n) is 10.0. The molecule has 1 unspecified atom stereocenters. The summed E-state index contributed by atoms with van der Waals surface area (Å²) in [5, 5.41) is 0. The van der Waals surface area contributed by atoms with Crippen LogP contribution < -0.4 is 11.3 Å². The van der Waals surface area contributed by atoms with Gasteiger partial charge in [-0.25, -0.2) is 8.78 Å². The first-order valence-electron chi connectivity index (χ1n) is 5.75. The van der Waals surface area contributed by atoms with E-state index in [1.807, 2.05) is 24.3 Å². The van der Waals surface area contributed by atoms with E-state index < -0.39 is 17.7 Å². The van der Waals surface area contributed by atoms with Crippen molar-refractivity contribution < 1.29 is 8.78 Å². The van der Waals surface area contributed by atoms with E-state index in [2.05, 4.69) is 21.4 Å². The number of hydrazine groups is 1. The van der Waals surface area contributed by atoms with Gasteiger partial charge in [0.1, 0.15) is 11.6 Å². The van der Waals surface area contributed by atoms with Gasteiger partial charge in [-0.2, -0.15) is 0 Å². The highest BCUT2D eigenvalue weighted by Gasteiger charge is 2.15. The maximum Gasteiger partial charge on any atom is 0.128 e. The van der Waals surface area contributed by atoms with E-state index in [1.165, 1.54) is 6.07 Å². The summed E-state index contributed by atoms with van der Waals surface area (Å²) in [5.74, 6) is 4.50. The Labute approximate surface area is 118 Å². The average Bonchev–Trinajstić information content (AvgIpc) is 2.41. The molecule has 0 amide bonds. The molecule has 0 saturated heterocycles. The Balaban J connectivity index is 2.24. The van der Waals surface area contributed by atoms with Crippen LogP contribution in [0.2, 0.25) is 0 Å². The molecule has 1 atom stereocenters. The Morgan fingerprint density at radius 2 is 1.79 bits per heavy atom. The fourth-order valence-electron chi connectivity index (χ4n) is 1.90. The maximum absolute atomic E-state index is 13.7. The first-order valence-corrected chi connectivity index (χ1v) is 6.55. The molecule has 0 radical (unpaired) electrons. The third-order valence-electron chi connectivity index (χ3n) is 2.89. The third-order valence-corrected chi connectivity index (χ3v) is 3.42. The highest BCUT2D eigenvalue weighted by atomic mass is 79.9. The van der Waals surface area contributed by atoms with Crippen molar-refractivity contribution in [2.75, 3.05) is 0 Å². The summed E-state index contributed by atoms with van der Waals surface area (Å²) in [5.41, 5.74) is 3.74. The smallest absolute Gasteiger partial charge is 0.128 e. The summed E-state index contributed by atoms with van der Waals surface area (Å²) in [6.45, 7) is 0. The molecule has 0 fully saturated rings. The third kappa shape index (κ3) is 3.59. The average molecular weight is 327 g/mol. The molecule has 0 heterocycles. The predicted molar refractivity (Wildman–Crippen MR) is 74.3 cm³/mol. The van der Waals surface area contributed by atoms with Crippen LogP contribution in [0.25, 0.3) is 0 Å². The number of benzene rings is 2. The van der Waals surface area contributed by atoms with Gasteiger partial charge in [-0.05, 0) is 42.3 Å². The summed E-state index contributed by atoms with van der Waals surface area (Å²) in [6, 6.07) is 10.5. The number of nitrogens with two attached hydrogens (primary N) is 1. The van der Waals surface area contributed by atoms with Gasteiger partial charge in [0.2, 0.25) is 0 Å². The molecule has 2 rings (SSSR count). The van der Waals surface area contributed by atoms with E-state index in [-0.39, 0.29) is 5.56 Å². The highest BCUT2D eigenvalue weighted by molar-refractivity contribution is 9.10. The predicted octanol–water partition coefficient (Wildman–Crippen LogP) is 3.47. The van der Waals surface area contributed by atoms with Crippen LogP contribution in [-0.2, 0) is 6.42 Å². The molecule has 0 aliphatic heterocycles. The van der Waals surface area contributed by atoms with Crippen molar-refractivity contribution in [1.29, 1.82) is 0 Å². The summed E-state index contributed by atoms with van der Waals surface area (Å²) in [6.07, 6.45) is 0.476. The van der Waals surface area contributed by atoms with E-state index >= 15 is 0 Å². The number of rotatable bonds is 4. The van der Waals surface area contributed by atoms with Gasteiger partial charge in [-0.3, -0.25) is 11.3 Å². The van der Waals surface area contributed by atoms with Crippen molar-refractivity contribution in [1.82, 2.24) is 5.43 Å². The molecule has 2 aromatic rings. The Bertz CT molecular complexity index is 558. The van der Waals surface area contributed by atoms with Crippen molar-refractivity contribution in [3.8, 4) is 0 Å². The van der Waals surface area contributed by atoms with Crippen LogP contribution in [0.4, 0.5) is 8.78 Å². The fraction of sp³-hybridized carbons (Fsp3) is 0.143. The van der Waals surface area contributed by atoms with Crippen molar-refractivity contribution >= 4 is 15.9 Å². The van der Waals surface area contributed by atoms with Crippen LogP contribution in [0.1, 0.15) is 17.2 Å². The van der Waals surface area contributed by atoms with E-state index in [9.17, 15) is 8.78 Å². The van der Waals surface area contributed by atoms with Gasteiger partial charge in [0, 0.05) is 10.0 Å². The lowest BCUT2D eigenvalue weighted by atomic mass is 9.99. The molecule has 0 aliphatic carbocycles.